The van der Waals surface area contributed by atoms with Gasteiger partial charge in [0.2, 0.25) is 0 Å². The zero-order valence-corrected chi connectivity index (χ0v) is 12.9. The zero-order chi connectivity index (χ0) is 14.8. The molecule has 3 rings (SSSR count). The predicted octanol–water partition coefficient (Wildman–Crippen LogP) is 4.27. The molecule has 21 heavy (non-hydrogen) atoms. The molecule has 1 heterocycles. The monoisotopic (exact) mass is 348 g/mol. The van der Waals surface area contributed by atoms with Crippen LogP contribution in [0, 0.1) is 5.82 Å². The number of ether oxygens (including phenoxy) is 1. The number of para-hydroxylation sites is 1. The third-order valence-corrected chi connectivity index (χ3v) is 4.47. The first-order chi connectivity index (χ1) is 10.1. The summed E-state index contributed by atoms with van der Waals surface area (Å²) in [7, 11) is 0. The van der Waals surface area contributed by atoms with Gasteiger partial charge in [0.05, 0.1) is 6.61 Å². The average molecular weight is 349 g/mol. The lowest BCUT2D eigenvalue weighted by Crippen LogP contribution is -2.22. The highest BCUT2D eigenvalue weighted by molar-refractivity contribution is 9.10. The van der Waals surface area contributed by atoms with E-state index in [9.17, 15) is 9.18 Å². The molecule has 2 nitrogen and oxygen atoms in total. The van der Waals surface area contributed by atoms with Crippen LogP contribution in [-0.2, 0) is 11.2 Å². The van der Waals surface area contributed by atoms with E-state index < -0.39 is 0 Å². The normalized spacial score (nSPS) is 17.0. The molecule has 108 valence electrons. The molecule has 0 amide bonds. The third kappa shape index (κ3) is 3.00. The van der Waals surface area contributed by atoms with Crippen LogP contribution in [0.15, 0.2) is 46.9 Å². The summed E-state index contributed by atoms with van der Waals surface area (Å²) >= 11 is 3.31. The van der Waals surface area contributed by atoms with Crippen molar-refractivity contribution in [1.82, 2.24) is 0 Å². The van der Waals surface area contributed by atoms with Crippen molar-refractivity contribution in [3.8, 4) is 5.75 Å². The third-order valence-electron chi connectivity index (χ3n) is 3.73. The second-order valence-electron chi connectivity index (χ2n) is 5.11. The van der Waals surface area contributed by atoms with Crippen LogP contribution in [0.2, 0.25) is 0 Å². The molecule has 1 atom stereocenters. The first kappa shape index (κ1) is 14.3. The van der Waals surface area contributed by atoms with E-state index in [4.69, 9.17) is 4.74 Å². The number of carbonyl (C=O) groups is 1. The SMILES string of the molecule is O=C(Cc1ccc(F)cc1Br)C1CCOc2ccccc21. The maximum absolute atomic E-state index is 13.1. The number of Topliss-reactive ketones (excluding diaryl/α,β-unsaturated/α-hetero) is 1. The van der Waals surface area contributed by atoms with Crippen molar-refractivity contribution < 1.29 is 13.9 Å². The summed E-state index contributed by atoms with van der Waals surface area (Å²) in [5.74, 6) is 0.472. The zero-order valence-electron chi connectivity index (χ0n) is 11.3. The van der Waals surface area contributed by atoms with E-state index in [1.54, 1.807) is 6.07 Å². The lowest BCUT2D eigenvalue weighted by atomic mass is 9.87. The molecule has 0 radical (unpaired) electrons. The molecule has 0 N–H and O–H groups in total. The number of carbonyl (C=O) groups excluding carboxylic acids is 1. The van der Waals surface area contributed by atoms with Gasteiger partial charge in [0.1, 0.15) is 17.3 Å². The van der Waals surface area contributed by atoms with Crippen molar-refractivity contribution in [3.05, 3.63) is 63.9 Å². The second kappa shape index (κ2) is 5.98. The molecule has 2 aromatic rings. The van der Waals surface area contributed by atoms with E-state index in [-0.39, 0.29) is 17.5 Å². The minimum Gasteiger partial charge on any atom is -0.493 e. The Morgan fingerprint density at radius 2 is 2.10 bits per heavy atom. The van der Waals surface area contributed by atoms with Crippen LogP contribution in [-0.4, -0.2) is 12.4 Å². The Kier molecular flexibility index (Phi) is 4.06. The average Bonchev–Trinajstić information content (AvgIpc) is 2.49. The molecule has 4 heteroatoms. The maximum atomic E-state index is 13.1. The minimum atomic E-state index is -0.311. The number of fused-ring (bicyclic) bond motifs is 1. The summed E-state index contributed by atoms with van der Waals surface area (Å²) in [5, 5.41) is 0. The van der Waals surface area contributed by atoms with Crippen molar-refractivity contribution in [3.63, 3.8) is 0 Å². The Morgan fingerprint density at radius 1 is 1.29 bits per heavy atom. The highest BCUT2D eigenvalue weighted by Gasteiger charge is 2.27. The standard InChI is InChI=1S/C17H14BrFO2/c18-15-10-12(19)6-5-11(15)9-16(20)13-7-8-21-17-4-2-1-3-14(13)17/h1-6,10,13H,7-9H2. The highest BCUT2D eigenvalue weighted by Crippen LogP contribution is 2.35. The Labute approximate surface area is 131 Å². The summed E-state index contributed by atoms with van der Waals surface area (Å²) < 4.78 is 19.3. The number of benzene rings is 2. The van der Waals surface area contributed by atoms with Crippen LogP contribution in [0.5, 0.6) is 5.75 Å². The molecular weight excluding hydrogens is 335 g/mol. The van der Waals surface area contributed by atoms with Gasteiger partial charge in [-0.25, -0.2) is 4.39 Å². The van der Waals surface area contributed by atoms with Crippen LogP contribution in [0.25, 0.3) is 0 Å². The van der Waals surface area contributed by atoms with Crippen LogP contribution >= 0.6 is 15.9 Å². The maximum Gasteiger partial charge on any atom is 0.145 e. The van der Waals surface area contributed by atoms with E-state index in [1.165, 1.54) is 12.1 Å². The molecular formula is C17H14BrFO2. The van der Waals surface area contributed by atoms with Gasteiger partial charge in [-0.3, -0.25) is 4.79 Å². The van der Waals surface area contributed by atoms with Crippen molar-refractivity contribution >= 4 is 21.7 Å². The summed E-state index contributed by atoms with van der Waals surface area (Å²) in [6, 6.07) is 12.1. The number of hydrogen-bond donors (Lipinski definition) is 0. The first-order valence-electron chi connectivity index (χ1n) is 6.83. The van der Waals surface area contributed by atoms with Crippen molar-refractivity contribution in [2.75, 3.05) is 6.61 Å². The molecule has 1 unspecified atom stereocenters. The molecule has 1 aliphatic rings. The molecule has 1 aliphatic heterocycles. The van der Waals surface area contributed by atoms with Gasteiger partial charge in [0.25, 0.3) is 0 Å². The fraction of sp³-hybridized carbons (Fsp3) is 0.235. The van der Waals surface area contributed by atoms with E-state index in [2.05, 4.69) is 15.9 Å². The molecule has 0 saturated heterocycles. The number of halogens is 2. The van der Waals surface area contributed by atoms with E-state index >= 15 is 0 Å². The van der Waals surface area contributed by atoms with Crippen LogP contribution in [0.3, 0.4) is 0 Å². The largest absolute Gasteiger partial charge is 0.493 e. The number of hydrogen-bond acceptors (Lipinski definition) is 2. The van der Waals surface area contributed by atoms with Gasteiger partial charge in [-0.05, 0) is 30.2 Å². The quantitative estimate of drug-likeness (QED) is 0.827. The smallest absolute Gasteiger partial charge is 0.145 e. The Hall–Kier alpha value is -1.68. The van der Waals surface area contributed by atoms with Crippen molar-refractivity contribution in [2.45, 2.75) is 18.8 Å². The van der Waals surface area contributed by atoms with Crippen LogP contribution in [0.1, 0.15) is 23.5 Å². The van der Waals surface area contributed by atoms with Gasteiger partial charge in [-0.1, -0.05) is 40.2 Å². The van der Waals surface area contributed by atoms with Crippen LogP contribution < -0.4 is 4.74 Å². The predicted molar refractivity (Wildman–Crippen MR) is 82.1 cm³/mol. The van der Waals surface area contributed by atoms with E-state index in [0.29, 0.717) is 23.9 Å². The lowest BCUT2D eigenvalue weighted by molar-refractivity contribution is -0.120. The van der Waals surface area contributed by atoms with Crippen molar-refractivity contribution in [2.24, 2.45) is 0 Å². The molecule has 0 aliphatic carbocycles. The Balaban J connectivity index is 1.83. The summed E-state index contributed by atoms with van der Waals surface area (Å²) in [6.07, 6.45) is 0.981. The van der Waals surface area contributed by atoms with Gasteiger partial charge in [0.15, 0.2) is 0 Å². The topological polar surface area (TPSA) is 26.3 Å². The fourth-order valence-corrected chi connectivity index (χ4v) is 3.14. The summed E-state index contributed by atoms with van der Waals surface area (Å²) in [6.45, 7) is 0.554. The molecule has 0 fully saturated rings. The number of ketones is 1. The summed E-state index contributed by atoms with van der Waals surface area (Å²) in [5.41, 5.74) is 1.76. The molecule has 2 aromatic carbocycles. The number of rotatable bonds is 3. The van der Waals surface area contributed by atoms with Gasteiger partial charge < -0.3 is 4.74 Å². The van der Waals surface area contributed by atoms with Gasteiger partial charge >= 0.3 is 0 Å². The molecule has 0 saturated carbocycles. The van der Waals surface area contributed by atoms with Crippen molar-refractivity contribution in [1.29, 1.82) is 0 Å². The summed E-state index contributed by atoms with van der Waals surface area (Å²) in [4.78, 5) is 12.6. The Bertz CT molecular complexity index is 684. The molecule has 0 spiro atoms. The Morgan fingerprint density at radius 3 is 2.90 bits per heavy atom. The lowest BCUT2D eigenvalue weighted by Gasteiger charge is -2.25. The van der Waals surface area contributed by atoms with E-state index in [1.807, 2.05) is 24.3 Å². The van der Waals surface area contributed by atoms with Gasteiger partial charge in [0, 0.05) is 22.4 Å². The van der Waals surface area contributed by atoms with Crippen LogP contribution in [0.4, 0.5) is 4.39 Å². The minimum absolute atomic E-state index is 0.137. The van der Waals surface area contributed by atoms with E-state index in [0.717, 1.165) is 16.9 Å². The first-order valence-corrected chi connectivity index (χ1v) is 7.63. The van der Waals surface area contributed by atoms with Gasteiger partial charge in [-0.15, -0.1) is 0 Å². The molecule has 0 aromatic heterocycles. The highest BCUT2D eigenvalue weighted by atomic mass is 79.9. The fourth-order valence-electron chi connectivity index (χ4n) is 2.65. The molecule has 0 bridgehead atoms. The van der Waals surface area contributed by atoms with Gasteiger partial charge in [-0.2, -0.15) is 0 Å². The second-order valence-corrected chi connectivity index (χ2v) is 5.96.